The number of rotatable bonds is 5. The van der Waals surface area contributed by atoms with Gasteiger partial charge in [-0.25, -0.2) is 0 Å². The summed E-state index contributed by atoms with van der Waals surface area (Å²) in [4.78, 5) is 2.46. The van der Waals surface area contributed by atoms with Crippen LogP contribution in [0.5, 0.6) is 0 Å². The third-order valence-electron chi connectivity index (χ3n) is 2.93. The van der Waals surface area contributed by atoms with Gasteiger partial charge in [0.1, 0.15) is 0 Å². The number of hydrogen-bond donors (Lipinski definition) is 0. The van der Waals surface area contributed by atoms with Crippen molar-refractivity contribution in [2.45, 2.75) is 30.6 Å². The maximum atomic E-state index is 5.09. The molecular weight excluding hydrogens is 182 g/mol. The lowest BCUT2D eigenvalue weighted by molar-refractivity contribution is 0.141. The third-order valence-corrected chi connectivity index (χ3v) is 4.09. The van der Waals surface area contributed by atoms with E-state index in [1.54, 1.807) is 7.11 Å². The molecule has 2 atom stereocenters. The minimum Gasteiger partial charge on any atom is -0.383 e. The van der Waals surface area contributed by atoms with E-state index in [1.165, 1.54) is 19.3 Å². The molecule has 0 spiro atoms. The molecule has 13 heavy (non-hydrogen) atoms. The number of nitrogens with zero attached hydrogens (tertiary/aromatic N) is 1. The molecule has 0 aliphatic heterocycles. The number of likely N-dealkylation sites (N-methyl/N-ethyl adjacent to an activating group) is 1. The van der Waals surface area contributed by atoms with Gasteiger partial charge in [0, 0.05) is 24.9 Å². The molecular formula is C10H21NOS. The average Bonchev–Trinajstić information content (AvgIpc) is 2.61. The molecule has 1 aliphatic carbocycles. The molecule has 1 fully saturated rings. The van der Waals surface area contributed by atoms with Crippen molar-refractivity contribution < 1.29 is 4.74 Å². The van der Waals surface area contributed by atoms with E-state index in [-0.39, 0.29) is 0 Å². The lowest BCUT2D eigenvalue weighted by atomic mass is 10.2. The van der Waals surface area contributed by atoms with E-state index >= 15 is 0 Å². The van der Waals surface area contributed by atoms with Crippen LogP contribution in [0.25, 0.3) is 0 Å². The fraction of sp³-hybridized carbons (Fsp3) is 1.00. The Morgan fingerprint density at radius 2 is 2.23 bits per heavy atom. The van der Waals surface area contributed by atoms with E-state index in [0.717, 1.165) is 24.4 Å². The van der Waals surface area contributed by atoms with E-state index in [2.05, 4.69) is 18.2 Å². The highest BCUT2D eigenvalue weighted by atomic mass is 32.2. The zero-order valence-corrected chi connectivity index (χ0v) is 9.77. The molecule has 0 radical (unpaired) electrons. The highest BCUT2D eigenvalue weighted by Crippen LogP contribution is 2.31. The van der Waals surface area contributed by atoms with Crippen molar-refractivity contribution >= 4 is 11.8 Å². The van der Waals surface area contributed by atoms with Gasteiger partial charge in [0.25, 0.3) is 0 Å². The van der Waals surface area contributed by atoms with Crippen molar-refractivity contribution in [3.8, 4) is 0 Å². The molecule has 1 saturated carbocycles. The molecule has 0 saturated heterocycles. The molecule has 0 aromatic heterocycles. The third kappa shape index (κ3) is 3.15. The summed E-state index contributed by atoms with van der Waals surface area (Å²) in [5, 5.41) is 0.849. The van der Waals surface area contributed by atoms with Gasteiger partial charge in [-0.15, -0.1) is 0 Å². The summed E-state index contributed by atoms with van der Waals surface area (Å²) >= 11 is 2.02. The predicted octanol–water partition coefficient (Wildman–Crippen LogP) is 1.85. The van der Waals surface area contributed by atoms with Crippen molar-refractivity contribution in [2.24, 2.45) is 0 Å². The van der Waals surface area contributed by atoms with Crippen LogP contribution in [0.15, 0.2) is 0 Å². The van der Waals surface area contributed by atoms with Crippen LogP contribution in [0.4, 0.5) is 0 Å². The Hall–Kier alpha value is 0.270. The van der Waals surface area contributed by atoms with Gasteiger partial charge in [0.05, 0.1) is 6.61 Å². The van der Waals surface area contributed by atoms with E-state index in [9.17, 15) is 0 Å². The van der Waals surface area contributed by atoms with Crippen LogP contribution >= 0.6 is 11.8 Å². The predicted molar refractivity (Wildman–Crippen MR) is 59.4 cm³/mol. The summed E-state index contributed by atoms with van der Waals surface area (Å²) in [6, 6.07) is 0.783. The Morgan fingerprint density at radius 3 is 2.85 bits per heavy atom. The minimum atomic E-state index is 0.783. The summed E-state index contributed by atoms with van der Waals surface area (Å²) in [6.45, 7) is 1.92. The van der Waals surface area contributed by atoms with Gasteiger partial charge in [0.15, 0.2) is 0 Å². The molecule has 1 rings (SSSR count). The van der Waals surface area contributed by atoms with Crippen molar-refractivity contribution in [1.29, 1.82) is 0 Å². The van der Waals surface area contributed by atoms with Gasteiger partial charge < -0.3 is 9.64 Å². The van der Waals surface area contributed by atoms with Crippen molar-refractivity contribution in [1.82, 2.24) is 4.90 Å². The fourth-order valence-corrected chi connectivity index (χ4v) is 3.15. The second kappa shape index (κ2) is 5.89. The number of thioether (sulfide) groups is 1. The van der Waals surface area contributed by atoms with Crippen LogP contribution < -0.4 is 0 Å². The van der Waals surface area contributed by atoms with Gasteiger partial charge >= 0.3 is 0 Å². The minimum absolute atomic E-state index is 0.783. The maximum Gasteiger partial charge on any atom is 0.0589 e. The summed E-state index contributed by atoms with van der Waals surface area (Å²) in [6.07, 6.45) is 6.38. The largest absolute Gasteiger partial charge is 0.383 e. The first-order valence-corrected chi connectivity index (χ1v) is 6.30. The van der Waals surface area contributed by atoms with Gasteiger partial charge in [-0.2, -0.15) is 11.8 Å². The molecule has 0 heterocycles. The molecule has 2 nitrogen and oxygen atoms in total. The van der Waals surface area contributed by atoms with E-state index in [0.29, 0.717) is 0 Å². The van der Waals surface area contributed by atoms with E-state index in [4.69, 9.17) is 4.74 Å². The van der Waals surface area contributed by atoms with Crippen LogP contribution in [0, 0.1) is 0 Å². The maximum absolute atomic E-state index is 5.09. The smallest absolute Gasteiger partial charge is 0.0589 e. The molecule has 0 aromatic rings. The summed E-state index contributed by atoms with van der Waals surface area (Å²) < 4.78 is 5.09. The standard InChI is InChI=1S/C10H21NOS/c1-11(7-8-12-2)9-5-4-6-10(9)13-3/h9-10H,4-8H2,1-3H3/t9-,10-/m1/s1. The van der Waals surface area contributed by atoms with Crippen LogP contribution in [-0.4, -0.2) is 49.8 Å². The molecule has 3 heteroatoms. The van der Waals surface area contributed by atoms with E-state index < -0.39 is 0 Å². The summed E-state index contributed by atoms with van der Waals surface area (Å²) in [5.41, 5.74) is 0. The quantitative estimate of drug-likeness (QED) is 0.676. The first-order chi connectivity index (χ1) is 6.29. The Morgan fingerprint density at radius 1 is 1.46 bits per heavy atom. The van der Waals surface area contributed by atoms with Gasteiger partial charge in [0.2, 0.25) is 0 Å². The molecule has 78 valence electrons. The van der Waals surface area contributed by atoms with Gasteiger partial charge in [-0.05, 0) is 26.1 Å². The Labute approximate surface area is 86.0 Å². The van der Waals surface area contributed by atoms with Crippen molar-refractivity contribution in [3.63, 3.8) is 0 Å². The second-order valence-corrected chi connectivity index (χ2v) is 4.82. The SMILES string of the molecule is COCCN(C)[C@@H]1CCC[C@H]1SC. The van der Waals surface area contributed by atoms with Gasteiger partial charge in [-0.1, -0.05) is 6.42 Å². The van der Waals surface area contributed by atoms with Crippen molar-refractivity contribution in [2.75, 3.05) is 33.6 Å². The summed E-state index contributed by atoms with van der Waals surface area (Å²) in [7, 11) is 3.99. The van der Waals surface area contributed by atoms with Crippen LogP contribution in [0.3, 0.4) is 0 Å². The van der Waals surface area contributed by atoms with Gasteiger partial charge in [-0.3, -0.25) is 0 Å². The zero-order chi connectivity index (χ0) is 9.68. The van der Waals surface area contributed by atoms with E-state index in [1.807, 2.05) is 11.8 Å². The zero-order valence-electron chi connectivity index (χ0n) is 8.95. The monoisotopic (exact) mass is 203 g/mol. The Kier molecular flexibility index (Phi) is 5.14. The lowest BCUT2D eigenvalue weighted by Gasteiger charge is -2.28. The van der Waals surface area contributed by atoms with Crippen LogP contribution in [0.1, 0.15) is 19.3 Å². The normalized spacial score (nSPS) is 28.6. The highest BCUT2D eigenvalue weighted by molar-refractivity contribution is 7.99. The first-order valence-electron chi connectivity index (χ1n) is 5.01. The van der Waals surface area contributed by atoms with Crippen LogP contribution in [-0.2, 0) is 4.74 Å². The van der Waals surface area contributed by atoms with Crippen molar-refractivity contribution in [3.05, 3.63) is 0 Å². The lowest BCUT2D eigenvalue weighted by Crippen LogP contribution is -2.38. The second-order valence-electron chi connectivity index (χ2n) is 3.75. The molecule has 0 unspecified atom stereocenters. The molecule has 0 bridgehead atoms. The number of hydrogen-bond acceptors (Lipinski definition) is 3. The van der Waals surface area contributed by atoms with Crippen LogP contribution in [0.2, 0.25) is 0 Å². The molecule has 0 amide bonds. The highest BCUT2D eigenvalue weighted by Gasteiger charge is 2.29. The molecule has 0 aromatic carbocycles. The summed E-state index contributed by atoms with van der Waals surface area (Å²) in [5.74, 6) is 0. The number of ether oxygens (including phenoxy) is 1. The Balaban J connectivity index is 2.31. The number of methoxy groups -OCH3 is 1. The average molecular weight is 203 g/mol. The molecule has 1 aliphatic rings. The Bertz CT molecular complexity index is 143. The molecule has 0 N–H and O–H groups in total. The fourth-order valence-electron chi connectivity index (χ4n) is 2.09. The topological polar surface area (TPSA) is 12.5 Å². The first kappa shape index (κ1) is 11.3.